The Morgan fingerprint density at radius 1 is 1.26 bits per heavy atom. The number of carbonyl (C=O) groups excluding carboxylic acids is 1. The Kier molecular flexibility index (Phi) is 4.26. The van der Waals surface area contributed by atoms with Crippen molar-refractivity contribution >= 4 is 29.3 Å². The normalized spacial score (nSPS) is 12.7. The van der Waals surface area contributed by atoms with Crippen molar-refractivity contribution in [1.82, 2.24) is 0 Å². The number of halogens is 1. The van der Waals surface area contributed by atoms with Crippen LogP contribution in [0.15, 0.2) is 42.0 Å². The molecule has 1 aliphatic heterocycles. The average molecular weight is 330 g/mol. The van der Waals surface area contributed by atoms with Gasteiger partial charge in [0.1, 0.15) is 18.1 Å². The van der Waals surface area contributed by atoms with Crippen molar-refractivity contribution in [2.75, 3.05) is 19.0 Å². The number of aryl methyl sites for hydroxylation is 1. The summed E-state index contributed by atoms with van der Waals surface area (Å²) < 4.78 is 10.9. The summed E-state index contributed by atoms with van der Waals surface area (Å²) in [5, 5.41) is 3.47. The van der Waals surface area contributed by atoms with E-state index < -0.39 is 0 Å². The van der Waals surface area contributed by atoms with Gasteiger partial charge in [-0.2, -0.15) is 0 Å². The van der Waals surface area contributed by atoms with E-state index in [-0.39, 0.29) is 12.5 Å². The fraction of sp³-hybridized carbons (Fsp3) is 0.167. The van der Waals surface area contributed by atoms with Crippen LogP contribution in [0.2, 0.25) is 5.02 Å². The molecule has 0 atom stereocenters. The second-order valence-electron chi connectivity index (χ2n) is 5.30. The van der Waals surface area contributed by atoms with E-state index in [2.05, 4.69) is 5.32 Å². The van der Waals surface area contributed by atoms with Crippen molar-refractivity contribution in [2.45, 2.75) is 6.92 Å². The summed E-state index contributed by atoms with van der Waals surface area (Å²) in [7, 11) is 1.57. The Morgan fingerprint density at radius 2 is 2.09 bits per heavy atom. The molecule has 2 aromatic rings. The quantitative estimate of drug-likeness (QED) is 0.923. The third kappa shape index (κ3) is 3.32. The molecule has 0 unspecified atom stereocenters. The fourth-order valence-corrected chi connectivity index (χ4v) is 2.58. The molecule has 1 N–H and O–H groups in total. The van der Waals surface area contributed by atoms with Crippen LogP contribution < -0.4 is 14.8 Å². The van der Waals surface area contributed by atoms with Crippen molar-refractivity contribution in [3.8, 4) is 11.5 Å². The molecular weight excluding hydrogens is 314 g/mol. The number of rotatable bonds is 3. The van der Waals surface area contributed by atoms with E-state index in [0.29, 0.717) is 22.0 Å². The highest BCUT2D eigenvalue weighted by Gasteiger charge is 2.18. The molecule has 0 spiro atoms. The second kappa shape index (κ2) is 6.34. The van der Waals surface area contributed by atoms with E-state index >= 15 is 0 Å². The Balaban J connectivity index is 1.86. The number of carbonyl (C=O) groups is 1. The van der Waals surface area contributed by atoms with Crippen molar-refractivity contribution in [3.63, 3.8) is 0 Å². The van der Waals surface area contributed by atoms with Gasteiger partial charge >= 0.3 is 0 Å². The Bertz CT molecular complexity index is 799. The molecule has 1 heterocycles. The number of hydrogen-bond acceptors (Lipinski definition) is 3. The summed E-state index contributed by atoms with van der Waals surface area (Å²) in [6.07, 6.45) is 1.79. The van der Waals surface area contributed by atoms with Gasteiger partial charge in [-0.05, 0) is 48.9 Å². The molecule has 23 heavy (non-hydrogen) atoms. The Hall–Kier alpha value is -2.46. The van der Waals surface area contributed by atoms with Crippen LogP contribution in [-0.2, 0) is 4.79 Å². The van der Waals surface area contributed by atoms with Crippen LogP contribution in [0, 0.1) is 6.92 Å². The molecule has 118 valence electrons. The van der Waals surface area contributed by atoms with Gasteiger partial charge in [0.2, 0.25) is 0 Å². The number of fused-ring (bicyclic) bond motifs is 1. The fourth-order valence-electron chi connectivity index (χ4n) is 2.40. The highest BCUT2D eigenvalue weighted by molar-refractivity contribution is 6.30. The van der Waals surface area contributed by atoms with E-state index in [1.807, 2.05) is 25.1 Å². The third-order valence-electron chi connectivity index (χ3n) is 3.58. The summed E-state index contributed by atoms with van der Waals surface area (Å²) in [5.41, 5.74) is 3.00. The Labute approximate surface area is 139 Å². The Morgan fingerprint density at radius 3 is 2.87 bits per heavy atom. The van der Waals surface area contributed by atoms with E-state index in [4.69, 9.17) is 21.1 Å². The molecule has 2 aromatic carbocycles. The van der Waals surface area contributed by atoms with Crippen LogP contribution in [-0.4, -0.2) is 19.6 Å². The smallest absolute Gasteiger partial charge is 0.255 e. The minimum Gasteiger partial charge on any atom is -0.495 e. The third-order valence-corrected chi connectivity index (χ3v) is 3.81. The number of hydrogen-bond donors (Lipinski definition) is 1. The van der Waals surface area contributed by atoms with E-state index in [9.17, 15) is 4.79 Å². The topological polar surface area (TPSA) is 47.6 Å². The number of nitrogens with one attached hydrogen (secondary N) is 1. The van der Waals surface area contributed by atoms with E-state index in [0.717, 1.165) is 16.9 Å². The van der Waals surface area contributed by atoms with E-state index in [1.165, 1.54) is 0 Å². The lowest BCUT2D eigenvalue weighted by Crippen LogP contribution is -2.21. The van der Waals surface area contributed by atoms with Gasteiger partial charge in [-0.3, -0.25) is 4.79 Å². The highest BCUT2D eigenvalue weighted by Crippen LogP contribution is 2.30. The number of ether oxygens (including phenoxy) is 2. The van der Waals surface area contributed by atoms with Crippen molar-refractivity contribution < 1.29 is 14.3 Å². The lowest BCUT2D eigenvalue weighted by Gasteiger charge is -2.18. The maximum Gasteiger partial charge on any atom is 0.255 e. The summed E-state index contributed by atoms with van der Waals surface area (Å²) in [6, 6.07) is 11.0. The standard InChI is InChI=1S/C18H16ClNO3/c1-11-3-5-17(22-2)15(7-11)20-18(21)13-8-12-9-14(19)4-6-16(12)23-10-13/h3-9H,10H2,1-2H3,(H,20,21). The molecule has 0 fully saturated rings. The van der Waals surface area contributed by atoms with Crippen LogP contribution in [0.1, 0.15) is 11.1 Å². The summed E-state index contributed by atoms with van der Waals surface area (Å²) in [4.78, 5) is 12.5. The molecule has 1 amide bonds. The van der Waals surface area contributed by atoms with Gasteiger partial charge in [0.05, 0.1) is 18.4 Å². The molecule has 5 heteroatoms. The first-order chi connectivity index (χ1) is 11.1. The highest BCUT2D eigenvalue weighted by atomic mass is 35.5. The summed E-state index contributed by atoms with van der Waals surface area (Å²) >= 11 is 5.99. The maximum atomic E-state index is 12.5. The van der Waals surface area contributed by atoms with Gasteiger partial charge in [0.25, 0.3) is 5.91 Å². The molecule has 0 bridgehead atoms. The van der Waals surface area contributed by atoms with Crippen LogP contribution in [0.25, 0.3) is 6.08 Å². The number of anilines is 1. The predicted octanol–water partition coefficient (Wildman–Crippen LogP) is 4.07. The van der Waals surface area contributed by atoms with Crippen LogP contribution >= 0.6 is 11.6 Å². The average Bonchev–Trinajstić information content (AvgIpc) is 2.54. The molecule has 1 aliphatic rings. The van der Waals surface area contributed by atoms with Gasteiger partial charge in [-0.1, -0.05) is 17.7 Å². The lowest BCUT2D eigenvalue weighted by atomic mass is 10.1. The first-order valence-electron chi connectivity index (χ1n) is 7.16. The van der Waals surface area contributed by atoms with Crippen molar-refractivity contribution in [1.29, 1.82) is 0 Å². The SMILES string of the molecule is COc1ccc(C)cc1NC(=O)C1=Cc2cc(Cl)ccc2OC1. The van der Waals surface area contributed by atoms with Gasteiger partial charge in [0.15, 0.2) is 0 Å². The number of methoxy groups -OCH3 is 1. The number of amides is 1. The van der Waals surface area contributed by atoms with Crippen LogP contribution in [0.4, 0.5) is 5.69 Å². The molecule has 0 saturated heterocycles. The zero-order valence-corrected chi connectivity index (χ0v) is 13.6. The van der Waals surface area contributed by atoms with Crippen LogP contribution in [0.3, 0.4) is 0 Å². The van der Waals surface area contributed by atoms with E-state index in [1.54, 1.807) is 31.4 Å². The largest absolute Gasteiger partial charge is 0.495 e. The molecular formula is C18H16ClNO3. The predicted molar refractivity (Wildman–Crippen MR) is 91.3 cm³/mol. The maximum absolute atomic E-state index is 12.5. The van der Waals surface area contributed by atoms with Gasteiger partial charge in [-0.25, -0.2) is 0 Å². The monoisotopic (exact) mass is 329 g/mol. The molecule has 0 radical (unpaired) electrons. The first-order valence-corrected chi connectivity index (χ1v) is 7.53. The molecule has 0 aromatic heterocycles. The minimum absolute atomic E-state index is 0.217. The van der Waals surface area contributed by atoms with Crippen molar-refractivity contribution in [3.05, 3.63) is 58.1 Å². The summed E-state index contributed by atoms with van der Waals surface area (Å²) in [5.74, 6) is 1.11. The first kappa shape index (κ1) is 15.4. The molecule has 3 rings (SSSR count). The van der Waals surface area contributed by atoms with Gasteiger partial charge in [-0.15, -0.1) is 0 Å². The second-order valence-corrected chi connectivity index (χ2v) is 5.73. The summed E-state index contributed by atoms with van der Waals surface area (Å²) in [6.45, 7) is 2.17. The zero-order valence-electron chi connectivity index (χ0n) is 12.9. The number of benzene rings is 2. The van der Waals surface area contributed by atoms with Gasteiger partial charge in [0, 0.05) is 10.6 Å². The minimum atomic E-state index is -0.223. The van der Waals surface area contributed by atoms with Crippen LogP contribution in [0.5, 0.6) is 11.5 Å². The molecule has 0 aliphatic carbocycles. The van der Waals surface area contributed by atoms with Gasteiger partial charge < -0.3 is 14.8 Å². The molecule has 0 saturated carbocycles. The van der Waals surface area contributed by atoms with Crippen molar-refractivity contribution in [2.24, 2.45) is 0 Å². The molecule has 4 nitrogen and oxygen atoms in total. The zero-order chi connectivity index (χ0) is 16.4. The lowest BCUT2D eigenvalue weighted by molar-refractivity contribution is -0.113.